The molecule has 3 aliphatic carbocycles. The van der Waals surface area contributed by atoms with Gasteiger partial charge in [-0.2, -0.15) is 0 Å². The van der Waals surface area contributed by atoms with Crippen LogP contribution in [-0.2, 0) is 36.7 Å². The molecule has 5 atom stereocenters. The predicted molar refractivity (Wildman–Crippen MR) is 255 cm³/mol. The lowest BCUT2D eigenvalue weighted by Crippen LogP contribution is -2.45. The van der Waals surface area contributed by atoms with Crippen LogP contribution < -0.4 is 9.64 Å². The SMILES string of the molecule is CC/C=C\C/C=C\C/C=C\CCCCCCCC(=O)Oc1cc(C)c2c(c1)CC[C@@H]1[C@@H]2CC[C@]2(C)[C@@H](OC(=O)COC(=O)CCCc3ccc(N(CCCl)CCCl)cc3)CC[C@@H]12. The van der Waals surface area contributed by atoms with E-state index in [0.29, 0.717) is 48.1 Å². The van der Waals surface area contributed by atoms with E-state index in [1.807, 2.05) is 0 Å². The number of nitrogens with zero attached hydrogens (tertiary/aromatic N) is 1. The number of unbranched alkanes of at least 4 members (excludes halogenated alkanes) is 5. The third kappa shape index (κ3) is 14.8. The van der Waals surface area contributed by atoms with Crippen LogP contribution in [0.3, 0.4) is 0 Å². The molecule has 0 amide bonds. The second kappa shape index (κ2) is 26.3. The zero-order valence-electron chi connectivity index (χ0n) is 37.9. The summed E-state index contributed by atoms with van der Waals surface area (Å²) >= 11 is 11.9. The first-order valence-corrected chi connectivity index (χ1v) is 24.8. The first kappa shape index (κ1) is 49.5. The van der Waals surface area contributed by atoms with Crippen molar-refractivity contribution in [1.29, 1.82) is 0 Å². The zero-order valence-corrected chi connectivity index (χ0v) is 39.4. The van der Waals surface area contributed by atoms with E-state index < -0.39 is 5.97 Å². The predicted octanol–water partition coefficient (Wildman–Crippen LogP) is 13.1. The van der Waals surface area contributed by atoms with Gasteiger partial charge >= 0.3 is 17.9 Å². The largest absolute Gasteiger partial charge is 0.459 e. The van der Waals surface area contributed by atoms with Gasteiger partial charge in [0.25, 0.3) is 0 Å². The van der Waals surface area contributed by atoms with E-state index in [4.69, 9.17) is 37.4 Å². The van der Waals surface area contributed by atoms with Crippen molar-refractivity contribution in [3.05, 3.63) is 95.1 Å². The lowest BCUT2D eigenvalue weighted by atomic mass is 9.55. The first-order chi connectivity index (χ1) is 30.2. The van der Waals surface area contributed by atoms with Gasteiger partial charge in [0, 0.05) is 48.8 Å². The second-order valence-corrected chi connectivity index (χ2v) is 18.7. The van der Waals surface area contributed by atoms with Gasteiger partial charge in [-0.15, -0.1) is 23.2 Å². The quantitative estimate of drug-likeness (QED) is 0.0306. The summed E-state index contributed by atoms with van der Waals surface area (Å²) in [5, 5.41) is 0. The Labute approximate surface area is 383 Å². The fraction of sp³-hybridized carbons (Fsp3) is 0.604. The fourth-order valence-electron chi connectivity index (χ4n) is 10.5. The molecule has 2 aromatic carbocycles. The summed E-state index contributed by atoms with van der Waals surface area (Å²) in [7, 11) is 0. The summed E-state index contributed by atoms with van der Waals surface area (Å²) in [6.45, 7) is 7.76. The lowest BCUT2D eigenvalue weighted by molar-refractivity contribution is -0.168. The number of benzene rings is 2. The Morgan fingerprint density at radius 1 is 0.790 bits per heavy atom. The molecular formula is C53H73Cl2NO6. The molecule has 0 saturated heterocycles. The molecule has 2 fully saturated rings. The van der Waals surface area contributed by atoms with E-state index in [-0.39, 0.29) is 36.5 Å². The van der Waals surface area contributed by atoms with Crippen LogP contribution in [0.15, 0.2) is 72.9 Å². The number of allylic oxidation sites excluding steroid dienone is 6. The molecule has 2 saturated carbocycles. The van der Waals surface area contributed by atoms with Crippen LogP contribution in [0.1, 0.15) is 151 Å². The molecule has 7 nitrogen and oxygen atoms in total. The Hall–Kier alpha value is -3.55. The van der Waals surface area contributed by atoms with E-state index in [1.165, 1.54) is 29.5 Å². The molecule has 0 aliphatic heterocycles. The van der Waals surface area contributed by atoms with Crippen LogP contribution >= 0.6 is 23.2 Å². The summed E-state index contributed by atoms with van der Waals surface area (Å²) in [6.07, 6.45) is 30.9. The van der Waals surface area contributed by atoms with Crippen molar-refractivity contribution in [2.45, 2.75) is 155 Å². The molecule has 0 spiro atoms. The minimum Gasteiger partial charge on any atom is -0.459 e. The third-order valence-corrected chi connectivity index (χ3v) is 14.0. The van der Waals surface area contributed by atoms with Crippen LogP contribution in [0, 0.1) is 24.2 Å². The van der Waals surface area contributed by atoms with E-state index in [1.54, 1.807) is 0 Å². The number of carbonyl (C=O) groups excluding carboxylic acids is 3. The Balaban J connectivity index is 0.986. The number of esters is 3. The maximum absolute atomic E-state index is 13.0. The molecule has 2 aromatic rings. The first-order valence-electron chi connectivity index (χ1n) is 23.8. The van der Waals surface area contributed by atoms with Gasteiger partial charge in [0.05, 0.1) is 0 Å². The molecule has 9 heteroatoms. The third-order valence-electron chi connectivity index (χ3n) is 13.7. The molecule has 0 unspecified atom stereocenters. The van der Waals surface area contributed by atoms with E-state index in [2.05, 4.69) is 98.5 Å². The van der Waals surface area contributed by atoms with Gasteiger partial charge in [0.1, 0.15) is 11.9 Å². The number of alkyl halides is 2. The van der Waals surface area contributed by atoms with Crippen LogP contribution in [0.4, 0.5) is 5.69 Å². The highest BCUT2D eigenvalue weighted by atomic mass is 35.5. The number of aryl methyl sites for hydroxylation is 3. The van der Waals surface area contributed by atoms with Crippen molar-refractivity contribution in [3.8, 4) is 5.75 Å². The Morgan fingerprint density at radius 2 is 1.48 bits per heavy atom. The number of carbonyl (C=O) groups is 3. The minimum atomic E-state index is -0.456. The normalized spacial score (nSPS) is 21.8. The highest BCUT2D eigenvalue weighted by Gasteiger charge is 2.56. The molecule has 0 radical (unpaired) electrons. The number of hydrogen-bond donors (Lipinski definition) is 0. The van der Waals surface area contributed by atoms with Crippen LogP contribution in [0.25, 0.3) is 0 Å². The Bertz CT molecular complexity index is 1800. The molecule has 3 aliphatic rings. The number of halogens is 2. The summed E-state index contributed by atoms with van der Waals surface area (Å²) in [4.78, 5) is 40.6. The maximum Gasteiger partial charge on any atom is 0.344 e. The molecule has 62 heavy (non-hydrogen) atoms. The molecule has 5 rings (SSSR count). The highest BCUT2D eigenvalue weighted by molar-refractivity contribution is 6.18. The van der Waals surface area contributed by atoms with Gasteiger partial charge in [-0.25, -0.2) is 4.79 Å². The molecule has 0 bridgehead atoms. The van der Waals surface area contributed by atoms with Crippen LogP contribution in [0.2, 0.25) is 0 Å². The number of hydrogen-bond acceptors (Lipinski definition) is 7. The van der Waals surface area contributed by atoms with Gasteiger partial charge < -0.3 is 19.1 Å². The molecule has 0 heterocycles. The van der Waals surface area contributed by atoms with Crippen molar-refractivity contribution >= 4 is 46.8 Å². The zero-order chi connectivity index (χ0) is 44.2. The monoisotopic (exact) mass is 889 g/mol. The average molecular weight is 891 g/mol. The van der Waals surface area contributed by atoms with Crippen molar-refractivity contribution in [2.24, 2.45) is 17.3 Å². The van der Waals surface area contributed by atoms with Crippen molar-refractivity contribution in [2.75, 3.05) is 36.4 Å². The number of ether oxygens (including phenoxy) is 3. The van der Waals surface area contributed by atoms with Gasteiger partial charge in [0.15, 0.2) is 6.61 Å². The molecule has 340 valence electrons. The minimum absolute atomic E-state index is 0.0949. The topological polar surface area (TPSA) is 82.1 Å². The fourth-order valence-corrected chi connectivity index (χ4v) is 10.9. The second-order valence-electron chi connectivity index (χ2n) is 17.9. The Morgan fingerprint density at radius 3 is 2.23 bits per heavy atom. The van der Waals surface area contributed by atoms with Crippen LogP contribution in [-0.4, -0.2) is 55.5 Å². The number of fused-ring (bicyclic) bond motifs is 5. The molecule has 0 N–H and O–H groups in total. The van der Waals surface area contributed by atoms with Gasteiger partial charge in [-0.1, -0.05) is 81.7 Å². The number of anilines is 1. The lowest BCUT2D eigenvalue weighted by Gasteiger charge is -2.50. The van der Waals surface area contributed by atoms with E-state index >= 15 is 0 Å². The summed E-state index contributed by atoms with van der Waals surface area (Å²) in [6, 6.07) is 12.5. The standard InChI is InChI=1S/C53H73Cl2NO6/c1-4-5-6-7-8-9-10-11-12-13-14-15-16-17-18-21-50(58)61-44-37-40(2)52-42(38-44)25-28-45-46(52)31-32-53(3)47(45)29-30-48(53)62-51(59)39-60-49(57)22-19-20-41-23-26-43(27-24-41)56(35-33-54)36-34-55/h5-6,8-9,11-12,23-24,26-27,37-38,45-48H,4,7,10,13-22,25,28-36,39H2,1-3H3/b6-5-,9-8-,12-11-/t45-,46+,47+,48+,53+/m1/s1. The van der Waals surface area contributed by atoms with Crippen LogP contribution in [0.5, 0.6) is 5.75 Å². The maximum atomic E-state index is 13.0. The van der Waals surface area contributed by atoms with Gasteiger partial charge in [-0.05, 0) is 161 Å². The summed E-state index contributed by atoms with van der Waals surface area (Å²) in [5.41, 5.74) is 6.09. The van der Waals surface area contributed by atoms with E-state index in [9.17, 15) is 14.4 Å². The molecule has 0 aromatic heterocycles. The highest BCUT2D eigenvalue weighted by Crippen LogP contribution is 2.62. The van der Waals surface area contributed by atoms with E-state index in [0.717, 1.165) is 114 Å². The van der Waals surface area contributed by atoms with Crippen molar-refractivity contribution < 1.29 is 28.6 Å². The van der Waals surface area contributed by atoms with Crippen molar-refractivity contribution in [1.82, 2.24) is 0 Å². The Kier molecular flexibility index (Phi) is 21.0. The summed E-state index contributed by atoms with van der Waals surface area (Å²) in [5.74, 6) is 2.22. The van der Waals surface area contributed by atoms with Gasteiger partial charge in [-0.3, -0.25) is 9.59 Å². The van der Waals surface area contributed by atoms with Gasteiger partial charge in [0.2, 0.25) is 0 Å². The van der Waals surface area contributed by atoms with Crippen molar-refractivity contribution in [3.63, 3.8) is 0 Å². The average Bonchev–Trinajstić information content (AvgIpc) is 3.59. The molecular weight excluding hydrogens is 817 g/mol. The number of rotatable bonds is 26. The summed E-state index contributed by atoms with van der Waals surface area (Å²) < 4.78 is 17.4. The smallest absolute Gasteiger partial charge is 0.344 e.